The first-order valence-electron chi connectivity index (χ1n) is 8.42. The Morgan fingerprint density at radius 1 is 1.41 bits per heavy atom. The van der Waals surface area contributed by atoms with Crippen LogP contribution in [0.2, 0.25) is 5.02 Å². The number of pyridine rings is 1. The summed E-state index contributed by atoms with van der Waals surface area (Å²) in [6.07, 6.45) is 1.25. The molecular formula is C19H19ClF2N2O3. The second-order valence-electron chi connectivity index (χ2n) is 6.84. The smallest absolute Gasteiger partial charge is 0.262 e. The van der Waals surface area contributed by atoms with E-state index in [0.717, 1.165) is 12.1 Å². The summed E-state index contributed by atoms with van der Waals surface area (Å²) in [5, 5.41) is 22.3. The van der Waals surface area contributed by atoms with Gasteiger partial charge in [-0.3, -0.25) is 9.78 Å². The molecule has 144 valence electrons. The molecule has 0 fully saturated rings. The summed E-state index contributed by atoms with van der Waals surface area (Å²) in [7, 11) is 0. The molecule has 1 aromatic carbocycles. The number of nitrogens with zero attached hydrogens (tertiary/aromatic N) is 1. The zero-order chi connectivity index (χ0) is 19.8. The zero-order valence-corrected chi connectivity index (χ0v) is 15.4. The normalized spacial score (nSPS) is 24.4. The van der Waals surface area contributed by atoms with E-state index in [1.807, 2.05) is 0 Å². The first-order valence-corrected chi connectivity index (χ1v) is 8.80. The van der Waals surface area contributed by atoms with Crippen molar-refractivity contribution in [2.45, 2.75) is 44.2 Å². The van der Waals surface area contributed by atoms with E-state index in [1.54, 1.807) is 0 Å². The average Bonchev–Trinajstić information content (AvgIpc) is 2.63. The number of rotatable bonds is 4. The van der Waals surface area contributed by atoms with E-state index in [2.05, 4.69) is 10.3 Å². The number of amides is 1. The molecule has 1 amide bonds. The van der Waals surface area contributed by atoms with Crippen LogP contribution in [0, 0.1) is 5.82 Å². The number of aliphatic hydroxyl groups is 2. The largest absolute Gasteiger partial charge is 0.392 e. The molecule has 3 rings (SSSR count). The average molecular weight is 397 g/mol. The Morgan fingerprint density at radius 2 is 2.15 bits per heavy atom. The lowest BCUT2D eigenvalue weighted by Gasteiger charge is -2.37. The molecular weight excluding hydrogens is 378 g/mol. The van der Waals surface area contributed by atoms with Crippen LogP contribution in [0.5, 0.6) is 0 Å². The van der Waals surface area contributed by atoms with Crippen molar-refractivity contribution < 1.29 is 23.8 Å². The Hall–Kier alpha value is -2.09. The van der Waals surface area contributed by atoms with Crippen LogP contribution < -0.4 is 5.32 Å². The predicted molar refractivity (Wildman–Crippen MR) is 95.0 cm³/mol. The monoisotopic (exact) mass is 396 g/mol. The zero-order valence-electron chi connectivity index (χ0n) is 14.6. The molecule has 8 heteroatoms. The van der Waals surface area contributed by atoms with E-state index in [4.69, 9.17) is 11.6 Å². The molecule has 2 aromatic rings. The topological polar surface area (TPSA) is 82.5 Å². The van der Waals surface area contributed by atoms with Crippen molar-refractivity contribution in [2.75, 3.05) is 0 Å². The summed E-state index contributed by atoms with van der Waals surface area (Å²) in [4.78, 5) is 16.7. The van der Waals surface area contributed by atoms with Crippen molar-refractivity contribution in [3.8, 4) is 0 Å². The molecule has 0 unspecified atom stereocenters. The minimum absolute atomic E-state index is 0.0198. The summed E-state index contributed by atoms with van der Waals surface area (Å²) in [5.41, 5.74) is -3.02. The van der Waals surface area contributed by atoms with E-state index < -0.39 is 29.6 Å². The summed E-state index contributed by atoms with van der Waals surface area (Å²) >= 11 is 6.00. The van der Waals surface area contributed by atoms with Crippen LogP contribution in [-0.4, -0.2) is 21.1 Å². The first-order chi connectivity index (χ1) is 12.7. The molecule has 0 aliphatic heterocycles. The predicted octanol–water partition coefficient (Wildman–Crippen LogP) is 2.85. The second kappa shape index (κ2) is 7.14. The van der Waals surface area contributed by atoms with E-state index in [-0.39, 0.29) is 41.2 Å². The van der Waals surface area contributed by atoms with Crippen LogP contribution >= 0.6 is 11.6 Å². The Labute approximate surface area is 160 Å². The van der Waals surface area contributed by atoms with Crippen LogP contribution in [0.1, 0.15) is 42.1 Å². The Kier molecular flexibility index (Phi) is 5.20. The maximum absolute atomic E-state index is 15.6. The third-order valence-corrected chi connectivity index (χ3v) is 5.25. The van der Waals surface area contributed by atoms with Crippen molar-refractivity contribution >= 4 is 17.5 Å². The van der Waals surface area contributed by atoms with Gasteiger partial charge in [0.25, 0.3) is 5.91 Å². The van der Waals surface area contributed by atoms with Crippen molar-refractivity contribution in [1.82, 2.24) is 10.3 Å². The van der Waals surface area contributed by atoms with Crippen molar-refractivity contribution in [2.24, 2.45) is 0 Å². The maximum Gasteiger partial charge on any atom is 0.262 e. The lowest BCUT2D eigenvalue weighted by molar-refractivity contribution is -0.136. The van der Waals surface area contributed by atoms with Gasteiger partial charge in [-0.05, 0) is 49.1 Å². The van der Waals surface area contributed by atoms with Gasteiger partial charge in [-0.25, -0.2) is 8.78 Å². The summed E-state index contributed by atoms with van der Waals surface area (Å²) in [6, 6.07) is 5.10. The molecule has 0 bridgehead atoms. The number of carbonyl (C=O) groups excluding carboxylic acids is 1. The van der Waals surface area contributed by atoms with Crippen LogP contribution in [-0.2, 0) is 29.2 Å². The maximum atomic E-state index is 15.6. The highest BCUT2D eigenvalue weighted by Gasteiger charge is 2.50. The van der Waals surface area contributed by atoms with E-state index in [1.165, 1.54) is 25.3 Å². The highest BCUT2D eigenvalue weighted by atomic mass is 35.5. The van der Waals surface area contributed by atoms with Gasteiger partial charge in [-0.2, -0.15) is 0 Å². The number of aromatic nitrogens is 1. The van der Waals surface area contributed by atoms with Crippen LogP contribution in [0.3, 0.4) is 0 Å². The molecule has 27 heavy (non-hydrogen) atoms. The van der Waals surface area contributed by atoms with E-state index in [0.29, 0.717) is 5.56 Å². The fourth-order valence-corrected chi connectivity index (χ4v) is 3.66. The molecule has 0 saturated carbocycles. The fraction of sp³-hybridized carbons (Fsp3) is 0.368. The highest BCUT2D eigenvalue weighted by molar-refractivity contribution is 6.31. The molecule has 0 saturated heterocycles. The van der Waals surface area contributed by atoms with Gasteiger partial charge < -0.3 is 15.5 Å². The van der Waals surface area contributed by atoms with Gasteiger partial charge in [0.05, 0.1) is 12.3 Å². The van der Waals surface area contributed by atoms with Gasteiger partial charge >= 0.3 is 0 Å². The second-order valence-corrected chi connectivity index (χ2v) is 7.25. The molecule has 5 nitrogen and oxygen atoms in total. The molecule has 0 radical (unpaired) electrons. The number of aliphatic hydroxyl groups excluding tert-OH is 1. The summed E-state index contributed by atoms with van der Waals surface area (Å²) in [6.45, 7) is 0.882. The van der Waals surface area contributed by atoms with Crippen LogP contribution in [0.25, 0.3) is 0 Å². The number of nitrogens with one attached hydrogen (secondary N) is 1. The SMILES string of the molecule is C[C@]1(O)CC[C@@](F)(C(=O)NCc2c(Cl)cc(F)cc2CO)c2cccnc21. The van der Waals surface area contributed by atoms with Gasteiger partial charge in [0, 0.05) is 23.3 Å². The molecule has 2 atom stereocenters. The first kappa shape index (κ1) is 19.7. The van der Waals surface area contributed by atoms with Crippen molar-refractivity contribution in [3.63, 3.8) is 0 Å². The number of hydrogen-bond acceptors (Lipinski definition) is 4. The molecule has 1 aliphatic rings. The lowest BCUT2D eigenvalue weighted by atomic mass is 9.75. The van der Waals surface area contributed by atoms with Gasteiger partial charge in [0.2, 0.25) is 5.67 Å². The Morgan fingerprint density at radius 3 is 2.85 bits per heavy atom. The van der Waals surface area contributed by atoms with E-state index >= 15 is 4.39 Å². The van der Waals surface area contributed by atoms with Crippen molar-refractivity contribution in [1.29, 1.82) is 0 Å². The van der Waals surface area contributed by atoms with Gasteiger partial charge in [-0.15, -0.1) is 0 Å². The number of alkyl halides is 1. The van der Waals surface area contributed by atoms with Gasteiger partial charge in [-0.1, -0.05) is 17.7 Å². The standard InChI is InChI=1S/C19H19ClF2N2O3/c1-18(27)4-5-19(22,14-3-2-6-23-16(14)18)17(26)24-9-13-11(10-25)7-12(21)8-15(13)20/h2-3,6-8,25,27H,4-5,9-10H2,1H3,(H,24,26)/t18-,19-/m0/s1. The van der Waals surface area contributed by atoms with Gasteiger partial charge in [0.15, 0.2) is 0 Å². The van der Waals surface area contributed by atoms with Crippen molar-refractivity contribution in [3.05, 3.63) is 63.7 Å². The Balaban J connectivity index is 1.87. The van der Waals surface area contributed by atoms with Crippen LogP contribution in [0.15, 0.2) is 30.5 Å². The number of hydrogen-bond donors (Lipinski definition) is 3. The van der Waals surface area contributed by atoms with Crippen LogP contribution in [0.4, 0.5) is 8.78 Å². The summed E-state index contributed by atoms with van der Waals surface area (Å²) < 4.78 is 29.1. The number of halogens is 3. The minimum Gasteiger partial charge on any atom is -0.392 e. The quantitative estimate of drug-likeness (QED) is 0.742. The third kappa shape index (κ3) is 3.54. The Bertz CT molecular complexity index is 891. The third-order valence-electron chi connectivity index (χ3n) is 4.91. The fourth-order valence-electron chi connectivity index (χ4n) is 3.36. The molecule has 3 N–H and O–H groups in total. The minimum atomic E-state index is -2.36. The molecule has 0 spiro atoms. The number of fused-ring (bicyclic) bond motifs is 1. The summed E-state index contributed by atoms with van der Waals surface area (Å²) in [5.74, 6) is -1.52. The molecule has 1 heterocycles. The highest BCUT2D eigenvalue weighted by Crippen LogP contribution is 2.45. The molecule has 1 aliphatic carbocycles. The van der Waals surface area contributed by atoms with E-state index in [9.17, 15) is 19.4 Å². The lowest BCUT2D eigenvalue weighted by Crippen LogP contribution is -2.47. The number of benzene rings is 1. The van der Waals surface area contributed by atoms with Gasteiger partial charge in [0.1, 0.15) is 11.4 Å². The number of carbonyl (C=O) groups is 1. The molecule has 1 aromatic heterocycles.